The molecule has 24 heavy (non-hydrogen) atoms. The third kappa shape index (κ3) is 4.04. The Hall–Kier alpha value is -0.420. The van der Waals surface area contributed by atoms with E-state index in [1.807, 2.05) is 0 Å². The van der Waals surface area contributed by atoms with Crippen LogP contribution in [0.2, 0.25) is 0 Å². The molecule has 1 N–H and O–H groups in total. The molecule has 0 aromatic heterocycles. The lowest BCUT2D eigenvalue weighted by atomic mass is 9.49. The first-order valence-corrected chi connectivity index (χ1v) is 9.68. The van der Waals surface area contributed by atoms with E-state index in [2.05, 4.69) is 43.8 Å². The number of hydrogen-bond acceptors (Lipinski definition) is 4. The molecular weight excluding hydrogens is 300 g/mol. The Morgan fingerprint density at radius 1 is 1.42 bits per heavy atom. The molecular formula is C20H36N2O2. The minimum absolute atomic E-state index is 0.366. The summed E-state index contributed by atoms with van der Waals surface area (Å²) in [5.74, 6) is 2.33. The van der Waals surface area contributed by atoms with E-state index in [4.69, 9.17) is 4.74 Å². The fraction of sp³-hybridized carbons (Fsp3) is 0.900. The van der Waals surface area contributed by atoms with Crippen molar-refractivity contribution in [2.24, 2.45) is 23.2 Å². The smallest absolute Gasteiger partial charge is 0.0900 e. The summed E-state index contributed by atoms with van der Waals surface area (Å²) in [4.78, 5) is 4.65. The lowest BCUT2D eigenvalue weighted by molar-refractivity contribution is -0.0257. The molecule has 1 heterocycles. The van der Waals surface area contributed by atoms with Gasteiger partial charge < -0.3 is 19.6 Å². The van der Waals surface area contributed by atoms with Crippen molar-refractivity contribution in [3.8, 4) is 0 Å². The molecule has 4 atom stereocenters. The van der Waals surface area contributed by atoms with Crippen LogP contribution in [0.15, 0.2) is 11.6 Å². The maximum absolute atomic E-state index is 10.3. The first-order chi connectivity index (χ1) is 11.4. The fourth-order valence-corrected chi connectivity index (χ4v) is 5.05. The Morgan fingerprint density at radius 3 is 2.88 bits per heavy atom. The predicted octanol–water partition coefficient (Wildman–Crippen LogP) is 2.24. The normalized spacial score (nSPS) is 33.4. The van der Waals surface area contributed by atoms with Gasteiger partial charge in [0.1, 0.15) is 0 Å². The Morgan fingerprint density at radius 2 is 2.21 bits per heavy atom. The molecule has 138 valence electrons. The molecule has 1 saturated heterocycles. The van der Waals surface area contributed by atoms with Gasteiger partial charge in [-0.1, -0.05) is 19.9 Å². The number of aliphatic hydroxyl groups excluding tert-OH is 1. The van der Waals surface area contributed by atoms with E-state index in [1.54, 1.807) is 0 Å². The molecule has 0 spiro atoms. The van der Waals surface area contributed by atoms with Crippen LogP contribution in [0.1, 0.15) is 33.1 Å². The van der Waals surface area contributed by atoms with Crippen molar-refractivity contribution in [2.45, 2.75) is 39.2 Å². The summed E-state index contributed by atoms with van der Waals surface area (Å²) in [6, 6.07) is 0. The van der Waals surface area contributed by atoms with Gasteiger partial charge in [0.05, 0.1) is 19.3 Å². The maximum atomic E-state index is 10.3. The summed E-state index contributed by atoms with van der Waals surface area (Å²) in [6.07, 6.45) is 5.83. The van der Waals surface area contributed by atoms with Crippen molar-refractivity contribution in [2.75, 3.05) is 53.5 Å². The summed E-state index contributed by atoms with van der Waals surface area (Å²) in [7, 11) is 4.27. The number of ether oxygens (including phenoxy) is 1. The number of hydrogen-bond donors (Lipinski definition) is 1. The molecule has 4 heteroatoms. The van der Waals surface area contributed by atoms with Crippen LogP contribution in [0, 0.1) is 23.2 Å². The highest BCUT2D eigenvalue weighted by molar-refractivity contribution is 5.23. The van der Waals surface area contributed by atoms with Crippen LogP contribution < -0.4 is 0 Å². The largest absolute Gasteiger partial charge is 0.389 e. The minimum Gasteiger partial charge on any atom is -0.389 e. The third-order valence-electron chi connectivity index (χ3n) is 6.62. The third-order valence-corrected chi connectivity index (χ3v) is 6.62. The number of aliphatic hydroxyl groups is 1. The van der Waals surface area contributed by atoms with Crippen molar-refractivity contribution >= 4 is 0 Å². The quantitative estimate of drug-likeness (QED) is 0.690. The van der Waals surface area contributed by atoms with E-state index < -0.39 is 0 Å². The summed E-state index contributed by atoms with van der Waals surface area (Å²) in [6.45, 7) is 10.1. The Kier molecular flexibility index (Phi) is 5.70. The first-order valence-electron chi connectivity index (χ1n) is 9.68. The zero-order valence-corrected chi connectivity index (χ0v) is 16.0. The average Bonchev–Trinajstić information content (AvgIpc) is 2.93. The van der Waals surface area contributed by atoms with Crippen LogP contribution in [-0.4, -0.2) is 74.5 Å². The highest BCUT2D eigenvalue weighted by atomic mass is 16.5. The van der Waals surface area contributed by atoms with Crippen LogP contribution in [0.4, 0.5) is 0 Å². The molecule has 1 aliphatic heterocycles. The highest BCUT2D eigenvalue weighted by Gasteiger charge is 2.50. The average molecular weight is 337 g/mol. The Balaban J connectivity index is 1.34. The minimum atomic E-state index is -0.366. The van der Waals surface area contributed by atoms with Crippen LogP contribution in [-0.2, 0) is 4.74 Å². The summed E-state index contributed by atoms with van der Waals surface area (Å²) in [5.41, 5.74) is 1.94. The molecule has 2 bridgehead atoms. The predicted molar refractivity (Wildman–Crippen MR) is 98.0 cm³/mol. The van der Waals surface area contributed by atoms with E-state index in [0.717, 1.165) is 38.0 Å². The van der Waals surface area contributed by atoms with E-state index in [-0.39, 0.29) is 6.10 Å². The Labute approximate surface area is 147 Å². The zero-order chi connectivity index (χ0) is 17.3. The highest BCUT2D eigenvalue weighted by Crippen LogP contribution is 2.59. The van der Waals surface area contributed by atoms with Crippen LogP contribution in [0.3, 0.4) is 0 Å². The molecule has 4 aliphatic rings. The van der Waals surface area contributed by atoms with Gasteiger partial charge in [-0.05, 0) is 68.6 Å². The number of rotatable bonds is 8. The number of nitrogens with zero attached hydrogens (tertiary/aromatic N) is 2. The molecule has 4 nitrogen and oxygen atoms in total. The van der Waals surface area contributed by atoms with Gasteiger partial charge in [-0.2, -0.15) is 0 Å². The first kappa shape index (κ1) is 18.4. The van der Waals surface area contributed by atoms with Gasteiger partial charge >= 0.3 is 0 Å². The van der Waals surface area contributed by atoms with Gasteiger partial charge in [0.2, 0.25) is 0 Å². The second-order valence-corrected chi connectivity index (χ2v) is 9.17. The number of allylic oxidation sites excluding steroid dienone is 1. The van der Waals surface area contributed by atoms with Crippen molar-refractivity contribution in [1.82, 2.24) is 9.80 Å². The molecule has 4 rings (SSSR count). The van der Waals surface area contributed by atoms with Crippen molar-refractivity contribution < 1.29 is 9.84 Å². The van der Waals surface area contributed by atoms with E-state index >= 15 is 0 Å². The molecule has 2 fully saturated rings. The molecule has 0 radical (unpaired) electrons. The van der Waals surface area contributed by atoms with Gasteiger partial charge in [-0.25, -0.2) is 0 Å². The van der Waals surface area contributed by atoms with E-state index in [1.165, 1.54) is 24.8 Å². The van der Waals surface area contributed by atoms with Crippen molar-refractivity contribution in [3.63, 3.8) is 0 Å². The summed E-state index contributed by atoms with van der Waals surface area (Å²) in [5, 5.41) is 10.3. The molecule has 3 aliphatic carbocycles. The van der Waals surface area contributed by atoms with Crippen LogP contribution in [0.5, 0.6) is 0 Å². The topological polar surface area (TPSA) is 35.9 Å². The van der Waals surface area contributed by atoms with E-state index in [9.17, 15) is 5.11 Å². The lowest BCUT2D eigenvalue weighted by Crippen LogP contribution is -2.48. The number of fused-ring (bicyclic) bond motifs is 1. The van der Waals surface area contributed by atoms with Gasteiger partial charge in [0.15, 0.2) is 0 Å². The lowest BCUT2D eigenvalue weighted by Gasteiger charge is -2.56. The molecule has 0 unspecified atom stereocenters. The van der Waals surface area contributed by atoms with Crippen LogP contribution in [0.25, 0.3) is 0 Å². The van der Waals surface area contributed by atoms with Gasteiger partial charge in [0.25, 0.3) is 0 Å². The maximum Gasteiger partial charge on any atom is 0.0900 e. The van der Waals surface area contributed by atoms with Gasteiger partial charge in [0, 0.05) is 19.6 Å². The van der Waals surface area contributed by atoms with E-state index in [0.29, 0.717) is 24.5 Å². The summed E-state index contributed by atoms with van der Waals surface area (Å²) < 4.78 is 5.87. The number of likely N-dealkylation sites (tertiary alicyclic amines) is 1. The standard InChI is InChI=1S/C20H36N2O2/c1-20(2)17-6-5-16(19(20)9-17)13-24-14-18(23)12-22-8-7-15(11-22)10-21(3)4/h5,15,17-19,23H,6-14H2,1-4H3/t15-,17-,18-,19+/m0/s1. The van der Waals surface area contributed by atoms with Crippen molar-refractivity contribution in [1.29, 1.82) is 0 Å². The second-order valence-electron chi connectivity index (χ2n) is 9.17. The molecule has 1 saturated carbocycles. The van der Waals surface area contributed by atoms with Gasteiger partial charge in [-0.15, -0.1) is 0 Å². The van der Waals surface area contributed by atoms with Gasteiger partial charge in [-0.3, -0.25) is 0 Å². The Bertz CT molecular complexity index is 461. The fourth-order valence-electron chi connectivity index (χ4n) is 5.05. The SMILES string of the molecule is CN(C)C[C@@H]1CCN(C[C@H](O)COCC2=CC[C@H]3C[C@H]2C3(C)C)C1. The number of β-amino-alcohol motifs (C(OH)–C–C–N with tert-alkyl or cyclic N) is 1. The van der Waals surface area contributed by atoms with Crippen LogP contribution >= 0.6 is 0 Å². The monoisotopic (exact) mass is 336 g/mol. The molecule has 0 aromatic rings. The summed E-state index contributed by atoms with van der Waals surface area (Å²) >= 11 is 0. The second kappa shape index (κ2) is 7.45. The zero-order valence-electron chi connectivity index (χ0n) is 16.0. The molecule has 0 aromatic carbocycles. The molecule has 0 amide bonds. The van der Waals surface area contributed by atoms with Crippen molar-refractivity contribution in [3.05, 3.63) is 11.6 Å².